The predicted molar refractivity (Wildman–Crippen MR) is 100 cm³/mol. The molecule has 0 radical (unpaired) electrons. The fourth-order valence-electron chi connectivity index (χ4n) is 3.49. The molecule has 5 nitrogen and oxygen atoms in total. The van der Waals surface area contributed by atoms with Gasteiger partial charge in [-0.3, -0.25) is 14.4 Å². The van der Waals surface area contributed by atoms with Gasteiger partial charge in [0.25, 0.3) is 0 Å². The van der Waals surface area contributed by atoms with Crippen LogP contribution in [0.5, 0.6) is 0 Å². The Morgan fingerprint density at radius 1 is 1.04 bits per heavy atom. The number of amides is 1. The number of carbonyl (C=O) groups excluding carboxylic acids is 3. The number of rotatable bonds is 3. The van der Waals surface area contributed by atoms with Crippen LogP contribution in [0, 0.1) is 0 Å². The smallest absolute Gasteiger partial charge is 0.249 e. The van der Waals surface area contributed by atoms with Crippen LogP contribution in [-0.2, 0) is 4.79 Å². The predicted octanol–water partition coefficient (Wildman–Crippen LogP) is 2.49. The van der Waals surface area contributed by atoms with Crippen molar-refractivity contribution in [1.82, 2.24) is 9.80 Å². The Bertz CT molecular complexity index is 827. The number of piperazine rings is 1. The molecule has 1 aromatic carbocycles. The number of fused-ring (bicyclic) bond motifs is 1. The van der Waals surface area contributed by atoms with E-state index in [1.165, 1.54) is 0 Å². The molecule has 0 aromatic heterocycles. The minimum Gasteiger partial charge on any atom is -0.336 e. The summed E-state index contributed by atoms with van der Waals surface area (Å²) in [5.41, 5.74) is 2.06. The van der Waals surface area contributed by atoms with Crippen LogP contribution in [0.25, 0.3) is 0 Å². The molecule has 0 bridgehead atoms. The molecule has 0 saturated carbocycles. The van der Waals surface area contributed by atoms with Gasteiger partial charge in [0.05, 0.1) is 0 Å². The van der Waals surface area contributed by atoms with Crippen LogP contribution in [0.3, 0.4) is 0 Å². The van der Waals surface area contributed by atoms with Gasteiger partial charge in [0.1, 0.15) is 0 Å². The van der Waals surface area contributed by atoms with Crippen molar-refractivity contribution >= 4 is 17.5 Å². The van der Waals surface area contributed by atoms with Gasteiger partial charge < -0.3 is 9.80 Å². The molecule has 1 aliphatic heterocycles. The van der Waals surface area contributed by atoms with Gasteiger partial charge in [0, 0.05) is 54.0 Å². The summed E-state index contributed by atoms with van der Waals surface area (Å²) in [6.45, 7) is 9.56. The molecule has 26 heavy (non-hydrogen) atoms. The third-order valence-electron chi connectivity index (χ3n) is 5.21. The number of likely N-dealkylation sites (N-methyl/N-ethyl adjacent to an activating group) is 1. The highest BCUT2D eigenvalue weighted by Crippen LogP contribution is 2.27. The number of Topliss-reactive ketones (excluding diaryl/α,β-unsaturated/α-hetero) is 2. The molecule has 1 aliphatic carbocycles. The van der Waals surface area contributed by atoms with Crippen LogP contribution in [-0.4, -0.2) is 60.0 Å². The Labute approximate surface area is 154 Å². The summed E-state index contributed by atoms with van der Waals surface area (Å²) >= 11 is 0. The van der Waals surface area contributed by atoms with Crippen molar-refractivity contribution in [2.24, 2.45) is 0 Å². The highest BCUT2D eigenvalue weighted by atomic mass is 16.2. The Balaban J connectivity index is 1.85. The van der Waals surface area contributed by atoms with Crippen LogP contribution in [0.2, 0.25) is 0 Å². The highest BCUT2D eigenvalue weighted by Gasteiger charge is 2.29. The van der Waals surface area contributed by atoms with Crippen molar-refractivity contribution in [2.75, 3.05) is 32.7 Å². The van der Waals surface area contributed by atoms with E-state index in [1.807, 2.05) is 4.90 Å². The van der Waals surface area contributed by atoms with Gasteiger partial charge in [0.2, 0.25) is 5.91 Å². The second kappa shape index (κ2) is 7.38. The number of ketones is 2. The number of hydrogen-bond donors (Lipinski definition) is 0. The molecule has 1 saturated heterocycles. The van der Waals surface area contributed by atoms with E-state index in [2.05, 4.69) is 11.8 Å². The van der Waals surface area contributed by atoms with Crippen molar-refractivity contribution in [3.63, 3.8) is 0 Å². The number of hydrogen-bond acceptors (Lipinski definition) is 4. The highest BCUT2D eigenvalue weighted by molar-refractivity contribution is 6.28. The lowest BCUT2D eigenvalue weighted by Crippen LogP contribution is -2.48. The minimum atomic E-state index is -0.194. The number of carbonyl (C=O) groups is 3. The number of nitrogens with zero attached hydrogens (tertiary/aromatic N) is 2. The quantitative estimate of drug-likeness (QED) is 0.784. The molecular formula is C21H24N2O3. The third-order valence-corrected chi connectivity index (χ3v) is 5.21. The van der Waals surface area contributed by atoms with Crippen molar-refractivity contribution < 1.29 is 14.4 Å². The molecule has 3 rings (SSSR count). The van der Waals surface area contributed by atoms with E-state index in [-0.39, 0.29) is 17.5 Å². The van der Waals surface area contributed by atoms with Crippen molar-refractivity contribution in [3.8, 4) is 0 Å². The van der Waals surface area contributed by atoms with Crippen LogP contribution < -0.4 is 0 Å². The molecular weight excluding hydrogens is 328 g/mol. The molecule has 2 aliphatic rings. The summed E-state index contributed by atoms with van der Waals surface area (Å²) in [6.07, 6.45) is 1.58. The molecule has 5 heteroatoms. The van der Waals surface area contributed by atoms with E-state index in [9.17, 15) is 14.4 Å². The Morgan fingerprint density at radius 2 is 1.62 bits per heavy atom. The van der Waals surface area contributed by atoms with Gasteiger partial charge in [-0.25, -0.2) is 0 Å². The molecule has 1 fully saturated rings. The lowest BCUT2D eigenvalue weighted by atomic mass is 9.84. The molecule has 0 atom stereocenters. The number of allylic oxidation sites excluding steroid dienone is 3. The van der Waals surface area contributed by atoms with Crippen molar-refractivity contribution in [2.45, 2.75) is 20.8 Å². The summed E-state index contributed by atoms with van der Waals surface area (Å²) < 4.78 is 0. The zero-order valence-corrected chi connectivity index (χ0v) is 15.5. The monoisotopic (exact) mass is 352 g/mol. The van der Waals surface area contributed by atoms with Crippen LogP contribution >= 0.6 is 0 Å². The molecule has 1 amide bonds. The van der Waals surface area contributed by atoms with Gasteiger partial charge in [0.15, 0.2) is 11.6 Å². The SMILES string of the molecule is CCN1CCN(C(=O)C(C)=CC2=C(C)C(=O)c3ccccc3C2=O)CC1. The molecule has 0 N–H and O–H groups in total. The summed E-state index contributed by atoms with van der Waals surface area (Å²) in [6, 6.07) is 6.84. The first-order chi connectivity index (χ1) is 12.4. The average Bonchev–Trinajstić information content (AvgIpc) is 2.68. The van der Waals surface area contributed by atoms with Crippen LogP contribution in [0.15, 0.2) is 47.1 Å². The summed E-state index contributed by atoms with van der Waals surface area (Å²) in [5.74, 6) is -0.413. The molecule has 136 valence electrons. The summed E-state index contributed by atoms with van der Waals surface area (Å²) in [5, 5.41) is 0. The fraction of sp³-hybridized carbons (Fsp3) is 0.381. The van der Waals surface area contributed by atoms with E-state index in [4.69, 9.17) is 0 Å². The van der Waals surface area contributed by atoms with Gasteiger partial charge in [-0.2, -0.15) is 0 Å². The molecule has 0 spiro atoms. The first-order valence-corrected chi connectivity index (χ1v) is 9.03. The van der Waals surface area contributed by atoms with E-state index < -0.39 is 0 Å². The second-order valence-corrected chi connectivity index (χ2v) is 6.80. The van der Waals surface area contributed by atoms with E-state index in [1.54, 1.807) is 44.2 Å². The lowest BCUT2D eigenvalue weighted by molar-refractivity contribution is -0.128. The Morgan fingerprint density at radius 3 is 2.19 bits per heavy atom. The van der Waals surface area contributed by atoms with Crippen molar-refractivity contribution in [3.05, 3.63) is 58.2 Å². The normalized spacial score (nSPS) is 19.0. The lowest BCUT2D eigenvalue weighted by Gasteiger charge is -2.34. The topological polar surface area (TPSA) is 57.7 Å². The summed E-state index contributed by atoms with van der Waals surface area (Å²) in [4.78, 5) is 42.2. The van der Waals surface area contributed by atoms with Crippen molar-refractivity contribution in [1.29, 1.82) is 0 Å². The Kier molecular flexibility index (Phi) is 5.18. The van der Waals surface area contributed by atoms with Gasteiger partial charge in [-0.1, -0.05) is 31.2 Å². The molecule has 0 unspecified atom stereocenters. The second-order valence-electron chi connectivity index (χ2n) is 6.80. The maximum Gasteiger partial charge on any atom is 0.249 e. The molecule has 1 aromatic rings. The van der Waals surface area contributed by atoms with Crippen LogP contribution in [0.1, 0.15) is 41.5 Å². The zero-order valence-electron chi connectivity index (χ0n) is 15.5. The van der Waals surface area contributed by atoms with E-state index >= 15 is 0 Å². The fourth-order valence-corrected chi connectivity index (χ4v) is 3.49. The summed E-state index contributed by atoms with van der Waals surface area (Å²) in [7, 11) is 0. The zero-order chi connectivity index (χ0) is 18.8. The van der Waals surface area contributed by atoms with Gasteiger partial charge >= 0.3 is 0 Å². The molecule has 1 heterocycles. The average molecular weight is 352 g/mol. The van der Waals surface area contributed by atoms with E-state index in [0.29, 0.717) is 40.9 Å². The maximum atomic E-state index is 12.8. The van der Waals surface area contributed by atoms with Gasteiger partial charge in [-0.05, 0) is 26.5 Å². The minimum absolute atomic E-state index is 0.0693. The van der Waals surface area contributed by atoms with Crippen LogP contribution in [0.4, 0.5) is 0 Å². The van der Waals surface area contributed by atoms with E-state index in [0.717, 1.165) is 19.6 Å². The van der Waals surface area contributed by atoms with Gasteiger partial charge in [-0.15, -0.1) is 0 Å². The maximum absolute atomic E-state index is 12.8. The first-order valence-electron chi connectivity index (χ1n) is 9.03. The first kappa shape index (κ1) is 18.3. The Hall–Kier alpha value is -2.53. The standard InChI is InChI=1S/C21H24N2O3/c1-4-22-9-11-23(12-10-22)21(26)14(2)13-18-15(3)19(24)16-7-5-6-8-17(16)20(18)25/h5-8,13H,4,9-12H2,1-3H3. The third kappa shape index (κ3) is 3.27. The number of benzene rings is 1. The largest absolute Gasteiger partial charge is 0.336 e.